The average Bonchev–Trinajstić information content (AvgIpc) is 2.95. The lowest BCUT2D eigenvalue weighted by Crippen LogP contribution is -2.08. The Morgan fingerprint density at radius 3 is 2.81 bits per heavy atom. The monoisotopic (exact) mass is 281 g/mol. The molecule has 3 rings (SSSR count). The third kappa shape index (κ3) is 2.46. The lowest BCUT2D eigenvalue weighted by molar-refractivity contribution is 0.903. The molecule has 5 nitrogen and oxygen atoms in total. The quantitative estimate of drug-likeness (QED) is 0.797. The molecule has 5 heteroatoms. The number of aryl methyl sites for hydroxylation is 2. The molecule has 0 spiro atoms. The van der Waals surface area contributed by atoms with Crippen molar-refractivity contribution in [2.45, 2.75) is 33.6 Å². The normalized spacial score (nSPS) is 11.0. The van der Waals surface area contributed by atoms with Gasteiger partial charge in [0.2, 0.25) is 0 Å². The molecule has 0 atom stereocenters. The van der Waals surface area contributed by atoms with Gasteiger partial charge in [0.05, 0.1) is 0 Å². The van der Waals surface area contributed by atoms with Crippen LogP contribution in [-0.4, -0.2) is 19.6 Å². The fourth-order valence-electron chi connectivity index (χ4n) is 2.54. The summed E-state index contributed by atoms with van der Waals surface area (Å²) in [6, 6.07) is 8.43. The Labute approximate surface area is 124 Å². The lowest BCUT2D eigenvalue weighted by atomic mass is 10.1. The van der Waals surface area contributed by atoms with Crippen LogP contribution in [0.3, 0.4) is 0 Å². The Kier molecular flexibility index (Phi) is 3.56. The van der Waals surface area contributed by atoms with Crippen LogP contribution in [0.4, 0.5) is 11.5 Å². The first-order chi connectivity index (χ1) is 10.2. The maximum Gasteiger partial charge on any atom is 0.254 e. The van der Waals surface area contributed by atoms with Crippen LogP contribution in [0.25, 0.3) is 5.78 Å². The fraction of sp³-hybridized carbons (Fsp3) is 0.312. The van der Waals surface area contributed by atoms with Gasteiger partial charge in [0.15, 0.2) is 0 Å². The van der Waals surface area contributed by atoms with E-state index in [1.54, 1.807) is 4.52 Å². The Bertz CT molecular complexity index is 775. The topological polar surface area (TPSA) is 55.1 Å². The van der Waals surface area contributed by atoms with E-state index < -0.39 is 0 Å². The van der Waals surface area contributed by atoms with Gasteiger partial charge in [-0.15, -0.1) is 0 Å². The summed E-state index contributed by atoms with van der Waals surface area (Å²) in [6.45, 7) is 6.30. The number of hydrogen-bond acceptors (Lipinski definition) is 4. The maximum absolute atomic E-state index is 4.49. The zero-order valence-electron chi connectivity index (χ0n) is 12.6. The number of nitrogens with zero attached hydrogens (tertiary/aromatic N) is 4. The van der Waals surface area contributed by atoms with Gasteiger partial charge in [-0.3, -0.25) is 0 Å². The van der Waals surface area contributed by atoms with E-state index >= 15 is 0 Å². The number of anilines is 2. The molecule has 0 amide bonds. The molecule has 3 aromatic rings. The Hall–Kier alpha value is -2.43. The smallest absolute Gasteiger partial charge is 0.254 e. The van der Waals surface area contributed by atoms with Gasteiger partial charge in [0, 0.05) is 16.9 Å². The zero-order valence-corrected chi connectivity index (χ0v) is 12.6. The summed E-state index contributed by atoms with van der Waals surface area (Å²) in [6.07, 6.45) is 3.45. The van der Waals surface area contributed by atoms with E-state index in [0.29, 0.717) is 5.78 Å². The predicted octanol–water partition coefficient (Wildman–Crippen LogP) is 3.30. The van der Waals surface area contributed by atoms with E-state index in [0.717, 1.165) is 35.6 Å². The van der Waals surface area contributed by atoms with E-state index in [1.165, 1.54) is 11.9 Å². The minimum absolute atomic E-state index is 0.624. The van der Waals surface area contributed by atoms with Crippen molar-refractivity contribution in [2.24, 2.45) is 0 Å². The van der Waals surface area contributed by atoms with Crippen molar-refractivity contribution in [1.82, 2.24) is 19.6 Å². The predicted molar refractivity (Wildman–Crippen MR) is 84.0 cm³/mol. The van der Waals surface area contributed by atoms with Crippen LogP contribution < -0.4 is 5.32 Å². The summed E-state index contributed by atoms with van der Waals surface area (Å²) in [5, 5.41) is 7.78. The van der Waals surface area contributed by atoms with Gasteiger partial charge in [0.1, 0.15) is 12.1 Å². The number of hydrogen-bond donors (Lipinski definition) is 1. The van der Waals surface area contributed by atoms with Crippen LogP contribution in [0.5, 0.6) is 0 Å². The molecule has 0 saturated carbocycles. The molecule has 0 unspecified atom stereocenters. The molecule has 2 heterocycles. The Morgan fingerprint density at radius 2 is 2.05 bits per heavy atom. The highest BCUT2D eigenvalue weighted by Gasteiger charge is 2.13. The number of nitrogens with one attached hydrogen (secondary N) is 1. The Morgan fingerprint density at radius 1 is 1.19 bits per heavy atom. The first kappa shape index (κ1) is 13.5. The average molecular weight is 281 g/mol. The number of aromatic nitrogens is 4. The minimum atomic E-state index is 0.624. The fourth-order valence-corrected chi connectivity index (χ4v) is 2.54. The number of fused-ring (bicyclic) bond motifs is 1. The largest absolute Gasteiger partial charge is 0.340 e. The number of benzene rings is 1. The van der Waals surface area contributed by atoms with Gasteiger partial charge < -0.3 is 5.32 Å². The van der Waals surface area contributed by atoms with Crippen molar-refractivity contribution in [3.8, 4) is 0 Å². The summed E-state index contributed by atoms with van der Waals surface area (Å²) < 4.78 is 1.77. The molecule has 0 aliphatic heterocycles. The molecule has 1 N–H and O–H groups in total. The minimum Gasteiger partial charge on any atom is -0.340 e. The molecule has 0 fully saturated rings. The standard InChI is InChI=1S/C16H19N5/c1-4-12-7-6-8-13(9-12)20-15-14(5-2)11(3)19-16-17-10-18-21(15)16/h6-10,20H,4-5H2,1-3H3. The second-order valence-electron chi connectivity index (χ2n) is 5.03. The SMILES string of the molecule is CCc1cccc(Nc2c(CC)c(C)nc3ncnn23)c1. The second-order valence-corrected chi connectivity index (χ2v) is 5.03. The molecule has 0 radical (unpaired) electrons. The molecule has 1 aromatic carbocycles. The highest BCUT2D eigenvalue weighted by Crippen LogP contribution is 2.24. The number of rotatable bonds is 4. The summed E-state index contributed by atoms with van der Waals surface area (Å²) in [5.74, 6) is 1.57. The van der Waals surface area contributed by atoms with E-state index in [2.05, 4.69) is 58.5 Å². The molecule has 0 bridgehead atoms. The molecular weight excluding hydrogens is 262 g/mol. The second kappa shape index (κ2) is 5.52. The summed E-state index contributed by atoms with van der Waals surface area (Å²) in [4.78, 5) is 8.68. The van der Waals surface area contributed by atoms with Gasteiger partial charge in [-0.05, 0) is 37.5 Å². The van der Waals surface area contributed by atoms with Crippen molar-refractivity contribution in [3.05, 3.63) is 47.4 Å². The van der Waals surface area contributed by atoms with Crippen LogP contribution >= 0.6 is 0 Å². The van der Waals surface area contributed by atoms with Crippen LogP contribution in [0, 0.1) is 6.92 Å². The van der Waals surface area contributed by atoms with Crippen LogP contribution in [0.2, 0.25) is 0 Å². The van der Waals surface area contributed by atoms with E-state index in [4.69, 9.17) is 0 Å². The summed E-state index contributed by atoms with van der Waals surface area (Å²) >= 11 is 0. The lowest BCUT2D eigenvalue weighted by Gasteiger charge is -2.14. The van der Waals surface area contributed by atoms with E-state index in [9.17, 15) is 0 Å². The first-order valence-corrected chi connectivity index (χ1v) is 7.28. The molecule has 0 saturated heterocycles. The van der Waals surface area contributed by atoms with Gasteiger partial charge >= 0.3 is 0 Å². The van der Waals surface area contributed by atoms with Gasteiger partial charge in [-0.1, -0.05) is 26.0 Å². The zero-order chi connectivity index (χ0) is 14.8. The molecule has 21 heavy (non-hydrogen) atoms. The highest BCUT2D eigenvalue weighted by atomic mass is 15.4. The molecule has 0 aliphatic rings. The summed E-state index contributed by atoms with van der Waals surface area (Å²) in [5.41, 5.74) is 4.52. The first-order valence-electron chi connectivity index (χ1n) is 7.28. The van der Waals surface area contributed by atoms with E-state index in [1.807, 2.05) is 6.92 Å². The van der Waals surface area contributed by atoms with Gasteiger partial charge in [-0.25, -0.2) is 4.98 Å². The van der Waals surface area contributed by atoms with Gasteiger partial charge in [-0.2, -0.15) is 14.6 Å². The van der Waals surface area contributed by atoms with Crippen LogP contribution in [0.1, 0.15) is 30.7 Å². The third-order valence-corrected chi connectivity index (χ3v) is 3.68. The third-order valence-electron chi connectivity index (χ3n) is 3.68. The van der Waals surface area contributed by atoms with Crippen LogP contribution in [0.15, 0.2) is 30.6 Å². The Balaban J connectivity index is 2.12. The van der Waals surface area contributed by atoms with Crippen molar-refractivity contribution in [2.75, 3.05) is 5.32 Å². The van der Waals surface area contributed by atoms with E-state index in [-0.39, 0.29) is 0 Å². The highest BCUT2D eigenvalue weighted by molar-refractivity contribution is 5.63. The molecule has 2 aromatic heterocycles. The van der Waals surface area contributed by atoms with Crippen molar-refractivity contribution >= 4 is 17.3 Å². The van der Waals surface area contributed by atoms with Crippen molar-refractivity contribution in [1.29, 1.82) is 0 Å². The van der Waals surface area contributed by atoms with Gasteiger partial charge in [0.25, 0.3) is 5.78 Å². The summed E-state index contributed by atoms with van der Waals surface area (Å²) in [7, 11) is 0. The van der Waals surface area contributed by atoms with Crippen molar-refractivity contribution < 1.29 is 0 Å². The molecular formula is C16H19N5. The molecule has 0 aliphatic carbocycles. The maximum atomic E-state index is 4.49. The van der Waals surface area contributed by atoms with Crippen molar-refractivity contribution in [3.63, 3.8) is 0 Å². The van der Waals surface area contributed by atoms with Crippen LogP contribution in [-0.2, 0) is 12.8 Å². The molecule has 108 valence electrons.